The van der Waals surface area contributed by atoms with Crippen LogP contribution in [-0.2, 0) is 25.5 Å². The number of nitrogens with one attached hydrogen (secondary N) is 2. The molecule has 0 aliphatic carbocycles. The van der Waals surface area contributed by atoms with E-state index in [-0.39, 0.29) is 29.6 Å². The first-order valence-corrected chi connectivity index (χ1v) is 12.8. The summed E-state index contributed by atoms with van der Waals surface area (Å²) in [6.45, 7) is 4.97. The molecule has 40 heavy (non-hydrogen) atoms. The minimum atomic E-state index is -1.87. The zero-order valence-corrected chi connectivity index (χ0v) is 22.1. The van der Waals surface area contributed by atoms with Gasteiger partial charge in [0, 0.05) is 30.6 Å². The molecule has 0 spiro atoms. The fourth-order valence-electron chi connectivity index (χ4n) is 3.91. The molecule has 1 aromatic carbocycles. The molecular weight excluding hydrogens is 532 g/mol. The summed E-state index contributed by atoms with van der Waals surface area (Å²) in [4.78, 5) is 47.4. The Bertz CT molecular complexity index is 1250. The van der Waals surface area contributed by atoms with Crippen molar-refractivity contribution in [3.05, 3.63) is 40.2 Å². The van der Waals surface area contributed by atoms with Crippen LogP contribution in [0.1, 0.15) is 32.3 Å². The second kappa shape index (κ2) is 14.1. The highest BCUT2D eigenvalue weighted by Gasteiger charge is 2.48. The van der Waals surface area contributed by atoms with Crippen LogP contribution in [0, 0.1) is 5.92 Å². The van der Waals surface area contributed by atoms with Crippen molar-refractivity contribution in [1.29, 1.82) is 0 Å². The van der Waals surface area contributed by atoms with Crippen LogP contribution >= 0.6 is 0 Å². The van der Waals surface area contributed by atoms with Crippen LogP contribution in [0.15, 0.2) is 33.5 Å². The standard InChI is InChI=1S/C26H34N2O12/c1-13(2)12-37-26(36)28-8-4-3-7-27-18(29)9-14-10-19(30)39-17-11-15(5-6-16(14)17)38-25-22(33)20(31)21(32)23(40-25)24(34)35/h5-6,10-11,13,20-23,25,31-33H,3-4,7-9,12H2,1-2H3,(H,27,29)(H,28,36)(H,34,35). The minimum Gasteiger partial charge on any atom is -0.479 e. The average Bonchev–Trinajstić information content (AvgIpc) is 2.89. The lowest BCUT2D eigenvalue weighted by Gasteiger charge is -2.38. The van der Waals surface area contributed by atoms with Gasteiger partial charge in [-0.2, -0.15) is 0 Å². The molecule has 2 amide bonds. The Hall–Kier alpha value is -3.72. The van der Waals surface area contributed by atoms with Gasteiger partial charge in [-0.3, -0.25) is 4.79 Å². The maximum Gasteiger partial charge on any atom is 0.407 e. The molecule has 1 fully saturated rings. The Balaban J connectivity index is 1.56. The third kappa shape index (κ3) is 8.39. The number of alkyl carbamates (subject to hydrolysis) is 1. The molecule has 1 aliphatic heterocycles. The molecule has 2 aromatic rings. The molecule has 0 radical (unpaired) electrons. The van der Waals surface area contributed by atoms with Crippen molar-refractivity contribution in [2.24, 2.45) is 5.92 Å². The van der Waals surface area contributed by atoms with Crippen molar-refractivity contribution in [2.45, 2.75) is 63.8 Å². The average molecular weight is 567 g/mol. The molecule has 2 heterocycles. The fraction of sp³-hybridized carbons (Fsp3) is 0.538. The smallest absolute Gasteiger partial charge is 0.407 e. The van der Waals surface area contributed by atoms with E-state index in [4.69, 9.17) is 18.6 Å². The summed E-state index contributed by atoms with van der Waals surface area (Å²) >= 11 is 0. The molecule has 1 aliphatic rings. The second-order valence-electron chi connectivity index (χ2n) is 9.75. The number of hydrogen-bond acceptors (Lipinski definition) is 11. The minimum absolute atomic E-state index is 0.00993. The second-order valence-corrected chi connectivity index (χ2v) is 9.75. The molecule has 3 rings (SSSR count). The van der Waals surface area contributed by atoms with E-state index < -0.39 is 48.4 Å². The Kier molecular flexibility index (Phi) is 10.8. The number of aliphatic hydroxyl groups excluding tert-OH is 3. The molecule has 14 heteroatoms. The van der Waals surface area contributed by atoms with E-state index in [9.17, 15) is 39.6 Å². The third-order valence-corrected chi connectivity index (χ3v) is 5.96. The number of ether oxygens (including phenoxy) is 3. The van der Waals surface area contributed by atoms with E-state index >= 15 is 0 Å². The molecule has 1 aromatic heterocycles. The number of hydrogen-bond donors (Lipinski definition) is 6. The van der Waals surface area contributed by atoms with Gasteiger partial charge in [0.1, 0.15) is 29.6 Å². The van der Waals surface area contributed by atoms with Gasteiger partial charge in [-0.1, -0.05) is 13.8 Å². The van der Waals surface area contributed by atoms with Gasteiger partial charge >= 0.3 is 17.7 Å². The first-order valence-electron chi connectivity index (χ1n) is 12.8. The Morgan fingerprint density at radius 1 is 1.00 bits per heavy atom. The summed E-state index contributed by atoms with van der Waals surface area (Å²) in [5, 5.41) is 44.9. The topological polar surface area (TPSA) is 214 Å². The van der Waals surface area contributed by atoms with Crippen LogP contribution in [-0.4, -0.2) is 88.8 Å². The normalized spacial score (nSPS) is 22.6. The van der Waals surface area contributed by atoms with Crippen molar-refractivity contribution in [2.75, 3.05) is 19.7 Å². The molecule has 0 saturated carbocycles. The maximum absolute atomic E-state index is 12.5. The highest BCUT2D eigenvalue weighted by atomic mass is 16.7. The van der Waals surface area contributed by atoms with Gasteiger partial charge in [-0.15, -0.1) is 0 Å². The Morgan fingerprint density at radius 2 is 1.70 bits per heavy atom. The number of carbonyl (C=O) groups excluding carboxylic acids is 2. The van der Waals surface area contributed by atoms with Crippen LogP contribution in [0.4, 0.5) is 4.79 Å². The van der Waals surface area contributed by atoms with Crippen molar-refractivity contribution < 1.29 is 53.4 Å². The number of benzene rings is 1. The summed E-state index contributed by atoms with van der Waals surface area (Å²) in [6.07, 6.45) is -8.32. The van der Waals surface area contributed by atoms with Gasteiger partial charge in [0.2, 0.25) is 12.2 Å². The van der Waals surface area contributed by atoms with Crippen molar-refractivity contribution in [3.8, 4) is 5.75 Å². The van der Waals surface area contributed by atoms with E-state index in [2.05, 4.69) is 10.6 Å². The number of carbonyl (C=O) groups is 3. The van der Waals surface area contributed by atoms with Crippen molar-refractivity contribution in [3.63, 3.8) is 0 Å². The van der Waals surface area contributed by atoms with Gasteiger partial charge in [0.15, 0.2) is 6.10 Å². The van der Waals surface area contributed by atoms with Crippen molar-refractivity contribution >= 4 is 28.9 Å². The molecule has 1 saturated heterocycles. The van der Waals surface area contributed by atoms with E-state index in [1.165, 1.54) is 24.3 Å². The number of fused-ring (bicyclic) bond motifs is 1. The number of unbranched alkanes of at least 4 members (excludes halogenated alkanes) is 1. The van der Waals surface area contributed by atoms with E-state index in [1.54, 1.807) is 0 Å². The zero-order chi connectivity index (χ0) is 29.4. The van der Waals surface area contributed by atoms with Crippen LogP contribution in [0.3, 0.4) is 0 Å². The van der Waals surface area contributed by atoms with Gasteiger partial charge < -0.3 is 49.7 Å². The SMILES string of the molecule is CC(C)COC(=O)NCCCCNC(=O)Cc1cc(=O)oc2cc(OC3OC(C(=O)O)C(O)C(O)C3O)ccc12. The van der Waals surface area contributed by atoms with E-state index in [0.29, 0.717) is 43.5 Å². The third-order valence-electron chi connectivity index (χ3n) is 5.96. The van der Waals surface area contributed by atoms with Gasteiger partial charge in [0.25, 0.3) is 0 Å². The lowest BCUT2D eigenvalue weighted by atomic mass is 9.99. The zero-order valence-electron chi connectivity index (χ0n) is 22.1. The van der Waals surface area contributed by atoms with Crippen molar-refractivity contribution in [1.82, 2.24) is 10.6 Å². The number of carboxylic acid groups (broad SMARTS) is 1. The maximum atomic E-state index is 12.5. The predicted molar refractivity (Wildman–Crippen MR) is 138 cm³/mol. The lowest BCUT2D eigenvalue weighted by molar-refractivity contribution is -0.271. The largest absolute Gasteiger partial charge is 0.479 e. The first-order chi connectivity index (χ1) is 19.0. The monoisotopic (exact) mass is 566 g/mol. The quantitative estimate of drug-likeness (QED) is 0.147. The molecule has 220 valence electrons. The molecule has 14 nitrogen and oxygen atoms in total. The van der Waals surface area contributed by atoms with E-state index in [1.807, 2.05) is 13.8 Å². The summed E-state index contributed by atoms with van der Waals surface area (Å²) in [7, 11) is 0. The van der Waals surface area contributed by atoms with Gasteiger partial charge in [-0.05, 0) is 36.5 Å². The highest BCUT2D eigenvalue weighted by Crippen LogP contribution is 2.28. The number of aliphatic carboxylic acids is 1. The van der Waals surface area contributed by atoms with Crippen LogP contribution in [0.5, 0.6) is 5.75 Å². The van der Waals surface area contributed by atoms with Crippen LogP contribution in [0.25, 0.3) is 11.0 Å². The van der Waals surface area contributed by atoms with Gasteiger partial charge in [-0.25, -0.2) is 14.4 Å². The number of rotatable bonds is 12. The molecule has 0 bridgehead atoms. The number of carboxylic acids is 1. The first kappa shape index (κ1) is 30.8. The van der Waals surface area contributed by atoms with E-state index in [0.717, 1.165) is 0 Å². The highest BCUT2D eigenvalue weighted by molar-refractivity contribution is 5.87. The summed E-state index contributed by atoms with van der Waals surface area (Å²) in [5.74, 6) is -1.63. The number of aliphatic hydroxyl groups is 3. The Morgan fingerprint density at radius 3 is 2.38 bits per heavy atom. The molecule has 6 N–H and O–H groups in total. The molecule has 5 atom stereocenters. The molecule has 5 unspecified atom stereocenters. The summed E-state index contributed by atoms with van der Waals surface area (Å²) in [6, 6.07) is 5.42. The Labute approximate surface area is 228 Å². The van der Waals surface area contributed by atoms with Gasteiger partial charge in [0.05, 0.1) is 13.0 Å². The molecular formula is C26H34N2O12. The lowest BCUT2D eigenvalue weighted by Crippen LogP contribution is -2.61. The predicted octanol–water partition coefficient (Wildman–Crippen LogP) is -0.115. The summed E-state index contributed by atoms with van der Waals surface area (Å²) < 4.78 is 20.8. The van der Waals surface area contributed by atoms with Crippen LogP contribution in [0.2, 0.25) is 0 Å². The summed E-state index contributed by atoms with van der Waals surface area (Å²) in [5.41, 5.74) is -0.270. The fourth-order valence-corrected chi connectivity index (χ4v) is 3.91. The van der Waals surface area contributed by atoms with Crippen LogP contribution < -0.4 is 21.0 Å². The number of amides is 2.